The van der Waals surface area contributed by atoms with Crippen LogP contribution in [0.4, 0.5) is 0 Å². The lowest BCUT2D eigenvalue weighted by molar-refractivity contribution is -0.219. The lowest BCUT2D eigenvalue weighted by Crippen LogP contribution is -2.64. The number of phosphoric acid groups is 5. The van der Waals surface area contributed by atoms with Crippen molar-refractivity contribution in [3.05, 3.63) is 0 Å². The number of hydrogen-bond acceptors (Lipinski definition) is 15. The van der Waals surface area contributed by atoms with Crippen molar-refractivity contribution in [2.24, 2.45) is 0 Å². The minimum Gasteiger partial charge on any atom is -0.387 e. The number of hydrogen-bond donors (Lipinski definition) is 11. The maximum absolute atomic E-state index is 11.8. The van der Waals surface area contributed by atoms with Gasteiger partial charge < -0.3 is 54.9 Å². The summed E-state index contributed by atoms with van der Waals surface area (Å²) in [7, 11) is -30.6. The first-order valence-corrected chi connectivity index (χ1v) is 14.8. The Morgan fingerprint density at radius 1 is 0.438 bits per heavy atom. The van der Waals surface area contributed by atoms with Gasteiger partial charge in [-0.05, 0) is 0 Å². The van der Waals surface area contributed by atoms with E-state index in [4.69, 9.17) is 19.6 Å². The first-order chi connectivity index (χ1) is 14.0. The third kappa shape index (κ3) is 9.28. The molecule has 192 valence electrons. The van der Waals surface area contributed by atoms with Gasteiger partial charge in [0.1, 0.15) is 36.6 Å². The van der Waals surface area contributed by atoms with Gasteiger partial charge in [-0.2, -0.15) is 17.2 Å². The molecule has 1 fully saturated rings. The first kappa shape index (κ1) is 30.5. The summed E-state index contributed by atoms with van der Waals surface area (Å²) in [5.74, 6) is 0. The molecule has 10 atom stereocenters. The normalized spacial score (nSPS) is 37.0. The third-order valence-corrected chi connectivity index (χ3v) is 10.3. The highest BCUT2D eigenvalue weighted by atomic mass is 31.3. The van der Waals surface area contributed by atoms with E-state index >= 15 is 0 Å². The van der Waals surface area contributed by atoms with Crippen LogP contribution in [0.1, 0.15) is 0 Å². The van der Waals surface area contributed by atoms with Crippen LogP contribution in [-0.2, 0) is 44.6 Å². The molecule has 0 bridgehead atoms. The molecule has 0 spiro atoms. The van der Waals surface area contributed by atoms with E-state index in [0.29, 0.717) is 0 Å². The Kier molecular flexibility index (Phi) is 9.78. The minimum atomic E-state index is -6.32. The predicted octanol–water partition coefficient (Wildman–Crippen LogP) is -3.25. The summed E-state index contributed by atoms with van der Waals surface area (Å²) in [4.78, 5) is 53.5. The summed E-state index contributed by atoms with van der Waals surface area (Å²) in [5, 5.41) is 47.7. The van der Waals surface area contributed by atoms with Crippen molar-refractivity contribution in [2.75, 3.05) is 0 Å². The predicted molar refractivity (Wildman–Crippen MR) is 90.6 cm³/mol. The zero-order valence-corrected chi connectivity index (χ0v) is 19.2. The number of phosphoric ester groups is 1. The smallest absolute Gasteiger partial charge is 0.387 e. The molecule has 0 heterocycles. The van der Waals surface area contributed by atoms with Gasteiger partial charge in [0.25, 0.3) is 0 Å². The minimum absolute atomic E-state index is 2.16. The Labute approximate surface area is 176 Å². The Morgan fingerprint density at radius 3 is 1.06 bits per heavy atom. The molecule has 11 N–H and O–H groups in total. The highest BCUT2D eigenvalue weighted by Crippen LogP contribution is 2.73. The van der Waals surface area contributed by atoms with E-state index in [2.05, 4.69) is 21.8 Å². The van der Waals surface area contributed by atoms with E-state index in [1.54, 1.807) is 0 Å². The summed E-state index contributed by atoms with van der Waals surface area (Å²) >= 11 is 0. The van der Waals surface area contributed by atoms with Crippen LogP contribution in [0.3, 0.4) is 0 Å². The highest BCUT2D eigenvalue weighted by Gasteiger charge is 2.53. The lowest BCUT2D eigenvalue weighted by atomic mass is 9.85. The fraction of sp³-hybridized carbons (Fsp3) is 1.00. The maximum atomic E-state index is 11.8. The van der Waals surface area contributed by atoms with E-state index < -0.39 is 75.7 Å². The van der Waals surface area contributed by atoms with Crippen LogP contribution in [-0.4, -0.2) is 91.5 Å². The monoisotopic (exact) mass is 580 g/mol. The molecule has 26 heteroatoms. The number of rotatable bonds is 10. The zero-order chi connectivity index (χ0) is 25.5. The molecule has 32 heavy (non-hydrogen) atoms. The van der Waals surface area contributed by atoms with Crippen LogP contribution in [0, 0.1) is 0 Å². The number of aliphatic hydroxyl groups is 5. The van der Waals surface area contributed by atoms with Crippen molar-refractivity contribution in [1.29, 1.82) is 0 Å². The zero-order valence-electron chi connectivity index (χ0n) is 14.7. The van der Waals surface area contributed by atoms with Gasteiger partial charge in [-0.25, -0.2) is 22.8 Å². The van der Waals surface area contributed by atoms with Gasteiger partial charge in [-0.1, -0.05) is 0 Å². The Hall–Kier alpha value is 0.510. The van der Waals surface area contributed by atoms with Crippen LogP contribution in [0.2, 0.25) is 0 Å². The third-order valence-electron chi connectivity index (χ3n) is 3.16. The second-order valence-electron chi connectivity index (χ2n) is 5.71. The molecule has 0 aromatic carbocycles. The molecule has 4 unspecified atom stereocenters. The molecule has 1 aliphatic carbocycles. The van der Waals surface area contributed by atoms with Crippen LogP contribution in [0.5, 0.6) is 0 Å². The van der Waals surface area contributed by atoms with E-state index in [1.807, 2.05) is 0 Å². The fourth-order valence-corrected chi connectivity index (χ4v) is 8.14. The molecule has 21 nitrogen and oxygen atoms in total. The van der Waals surface area contributed by atoms with Crippen LogP contribution >= 0.6 is 39.1 Å². The van der Waals surface area contributed by atoms with Gasteiger partial charge >= 0.3 is 39.1 Å². The molecule has 0 radical (unpaired) electrons. The van der Waals surface area contributed by atoms with Crippen LogP contribution in [0.25, 0.3) is 0 Å². The quantitative estimate of drug-likeness (QED) is 0.113. The second-order valence-corrected chi connectivity index (χ2v) is 13.3. The molecular weight excluding hydrogens is 563 g/mol. The summed E-state index contributed by atoms with van der Waals surface area (Å²) in [5.41, 5.74) is 0. The molecule has 0 amide bonds. The Morgan fingerprint density at radius 2 is 0.719 bits per heavy atom. The van der Waals surface area contributed by atoms with Crippen molar-refractivity contribution < 1.29 is 99.5 Å². The topological polar surface area (TPSA) is 354 Å². The molecule has 1 rings (SSSR count). The van der Waals surface area contributed by atoms with Crippen molar-refractivity contribution in [1.82, 2.24) is 0 Å². The molecule has 0 aliphatic heterocycles. The van der Waals surface area contributed by atoms with Gasteiger partial charge in [0.15, 0.2) is 0 Å². The van der Waals surface area contributed by atoms with Crippen molar-refractivity contribution in [2.45, 2.75) is 36.6 Å². The standard InChI is InChI=1S/C6H17O21P5/c7-1-2(8)4(10)6(5(11)3(1)9)23-29(15,16)25-31(19,20)27-32(21,22)26-30(17,18)24-28(12,13)14/h1-11H,(H,15,16)(H,17,18)(H,19,20)(H,21,22)(H2,12,13,14)/t1-,2-,3+,4-,5-,6-/m0/s1. The lowest BCUT2D eigenvalue weighted by Gasteiger charge is -2.41. The SMILES string of the molecule is O=P(O)(O)OP(=O)(O)OP(=O)(O)OP(=O)(O)OP(=O)(O)O[C@@H]1[C@@H](O)[C@H](O)[C@@H](O)[C@H](O)[C@@H]1O. The van der Waals surface area contributed by atoms with Crippen molar-refractivity contribution >= 4 is 39.1 Å². The van der Waals surface area contributed by atoms with Crippen LogP contribution < -0.4 is 0 Å². The maximum Gasteiger partial charge on any atom is 0.490 e. The van der Waals surface area contributed by atoms with E-state index in [-0.39, 0.29) is 0 Å². The van der Waals surface area contributed by atoms with E-state index in [0.717, 1.165) is 0 Å². The van der Waals surface area contributed by atoms with Gasteiger partial charge in [-0.3, -0.25) is 4.52 Å². The van der Waals surface area contributed by atoms with Gasteiger partial charge in [0.05, 0.1) is 0 Å². The van der Waals surface area contributed by atoms with Crippen molar-refractivity contribution in [3.8, 4) is 0 Å². The average molecular weight is 580 g/mol. The van der Waals surface area contributed by atoms with Crippen LogP contribution in [0.15, 0.2) is 0 Å². The van der Waals surface area contributed by atoms with E-state index in [9.17, 15) is 58.1 Å². The van der Waals surface area contributed by atoms with Gasteiger partial charge in [0, 0.05) is 0 Å². The first-order valence-electron chi connectivity index (χ1n) is 7.28. The average Bonchev–Trinajstić information content (AvgIpc) is 2.49. The second kappa shape index (κ2) is 10.2. The molecule has 1 aliphatic rings. The molecule has 0 aromatic rings. The molecule has 1 saturated carbocycles. The summed E-state index contributed by atoms with van der Waals surface area (Å²) in [6.45, 7) is 0. The van der Waals surface area contributed by atoms with Gasteiger partial charge in [-0.15, -0.1) is 0 Å². The van der Waals surface area contributed by atoms with Gasteiger partial charge in [0.2, 0.25) is 0 Å². The Balaban J connectivity index is 2.94. The molecule has 0 saturated heterocycles. The fourth-order valence-electron chi connectivity index (χ4n) is 2.06. The van der Waals surface area contributed by atoms with Crippen molar-refractivity contribution in [3.63, 3.8) is 0 Å². The highest BCUT2D eigenvalue weighted by molar-refractivity contribution is 7.71. The largest absolute Gasteiger partial charge is 0.490 e. The van der Waals surface area contributed by atoms with E-state index in [1.165, 1.54) is 0 Å². The molecule has 0 aromatic heterocycles. The summed E-state index contributed by atoms with van der Waals surface area (Å²) in [6, 6.07) is 0. The Bertz CT molecular complexity index is 892. The summed E-state index contributed by atoms with van der Waals surface area (Å²) < 4.78 is 74.0. The summed E-state index contributed by atoms with van der Waals surface area (Å²) in [6.07, 6.45) is -14.0. The number of aliphatic hydroxyl groups excluding tert-OH is 5. The molecular formula is C6H17O21P5.